The van der Waals surface area contributed by atoms with Gasteiger partial charge in [0.05, 0.1) is 18.9 Å². The zero-order valence-electron chi connectivity index (χ0n) is 19.6. The summed E-state index contributed by atoms with van der Waals surface area (Å²) in [5.74, 6) is -5.03. The predicted octanol–water partition coefficient (Wildman–Crippen LogP) is -0.744. The van der Waals surface area contributed by atoms with E-state index >= 15 is 0 Å². The number of carboxylic acid groups (broad SMARTS) is 3. The van der Waals surface area contributed by atoms with Gasteiger partial charge in [-0.05, 0) is 38.2 Å². The number of nitrogens with two attached hydrogens (primary N) is 3. The third kappa shape index (κ3) is 14.9. The maximum Gasteiger partial charge on any atom is 0.336 e. The number of unbranched alkanes of at least 4 members (excludes halogenated alkanes) is 1. The highest BCUT2D eigenvalue weighted by Gasteiger charge is 2.40. The molecule has 0 aliphatic carbocycles. The van der Waals surface area contributed by atoms with Gasteiger partial charge in [0, 0.05) is 12.6 Å². The average molecular weight is 498 g/mol. The summed E-state index contributed by atoms with van der Waals surface area (Å²) >= 11 is 0. The molecule has 1 aromatic carbocycles. The van der Waals surface area contributed by atoms with Crippen molar-refractivity contribution in [3.63, 3.8) is 0 Å². The Labute approximate surface area is 203 Å². The van der Waals surface area contributed by atoms with E-state index in [-0.39, 0.29) is 17.9 Å². The number of nitrogens with one attached hydrogen (secondary N) is 1. The maximum atomic E-state index is 12.0. The third-order valence-electron chi connectivity index (χ3n) is 4.61. The lowest BCUT2D eigenvalue weighted by molar-refractivity contribution is -0.170. The van der Waals surface area contributed by atoms with Crippen LogP contribution in [0.2, 0.25) is 0 Å². The van der Waals surface area contributed by atoms with E-state index in [9.17, 15) is 19.2 Å². The van der Waals surface area contributed by atoms with E-state index in [4.69, 9.17) is 37.6 Å². The van der Waals surface area contributed by atoms with Crippen LogP contribution in [-0.2, 0) is 25.6 Å². The molecule has 0 heterocycles. The summed E-state index contributed by atoms with van der Waals surface area (Å²) in [6, 6.07) is 9.63. The summed E-state index contributed by atoms with van der Waals surface area (Å²) in [4.78, 5) is 46.4. The van der Waals surface area contributed by atoms with Gasteiger partial charge in [-0.15, -0.1) is 0 Å². The van der Waals surface area contributed by atoms with Crippen molar-refractivity contribution in [3.8, 4) is 0 Å². The molecule has 196 valence electrons. The normalized spacial score (nSPS) is 12.3. The molecule has 13 heteroatoms. The Balaban J connectivity index is 0.000000761. The quantitative estimate of drug-likeness (QED) is 0.0901. The van der Waals surface area contributed by atoms with Crippen molar-refractivity contribution in [3.05, 3.63) is 35.9 Å². The fourth-order valence-corrected chi connectivity index (χ4v) is 2.90. The minimum absolute atomic E-state index is 0.0580. The predicted molar refractivity (Wildman–Crippen MR) is 127 cm³/mol. The first kappa shape index (κ1) is 31.3. The molecule has 11 N–H and O–H groups in total. The Kier molecular flexibility index (Phi) is 14.3. The standard InChI is InChI=1S/C16H27N5O.C6H8O7/c1-12(11-13-7-3-2-4-8-13)21-15(22)14(17)9-5-6-10-20-16(18)19;7-3(8)1-6(13,5(11)12)2-4(9)10/h2-4,7-8,12,14H,5-6,9-11,17H2,1H3,(H,21,22)(H4,18,19,20);13H,1-2H2,(H,7,8)(H,9,10)(H,11,12). The summed E-state index contributed by atoms with van der Waals surface area (Å²) in [6.07, 6.45) is 0.772. The lowest BCUT2D eigenvalue weighted by Crippen LogP contribution is -2.45. The molecular formula is C22H35N5O8. The largest absolute Gasteiger partial charge is 0.481 e. The molecule has 0 saturated carbocycles. The number of carbonyl (C=O) groups excluding carboxylic acids is 1. The van der Waals surface area contributed by atoms with Crippen LogP contribution in [0.1, 0.15) is 44.6 Å². The minimum Gasteiger partial charge on any atom is -0.481 e. The van der Waals surface area contributed by atoms with E-state index in [1.165, 1.54) is 5.56 Å². The van der Waals surface area contributed by atoms with E-state index in [1.807, 2.05) is 37.3 Å². The lowest BCUT2D eigenvalue weighted by Gasteiger charge is -2.18. The molecule has 0 bridgehead atoms. The number of benzene rings is 1. The number of rotatable bonds is 14. The highest BCUT2D eigenvalue weighted by atomic mass is 16.4. The Morgan fingerprint density at radius 3 is 2.00 bits per heavy atom. The van der Waals surface area contributed by atoms with Gasteiger partial charge in [0.2, 0.25) is 5.91 Å². The molecule has 0 saturated heterocycles. The molecule has 0 fully saturated rings. The van der Waals surface area contributed by atoms with E-state index in [0.717, 1.165) is 19.3 Å². The van der Waals surface area contributed by atoms with Crippen molar-refractivity contribution in [2.24, 2.45) is 22.2 Å². The van der Waals surface area contributed by atoms with Crippen LogP contribution in [0, 0.1) is 0 Å². The maximum absolute atomic E-state index is 12.0. The van der Waals surface area contributed by atoms with Crippen LogP contribution in [0.3, 0.4) is 0 Å². The SMILES string of the molecule is CC(Cc1ccccc1)NC(=O)C(N)CCCCN=C(N)N.O=C(O)CC(O)(CC(=O)O)C(=O)O. The first-order chi connectivity index (χ1) is 16.3. The number of aliphatic hydroxyl groups is 1. The zero-order chi connectivity index (χ0) is 27.0. The molecule has 0 spiro atoms. The number of hydrogen-bond donors (Lipinski definition) is 8. The second-order valence-electron chi connectivity index (χ2n) is 7.99. The number of aliphatic carboxylic acids is 3. The average Bonchev–Trinajstić information content (AvgIpc) is 2.72. The van der Waals surface area contributed by atoms with Crippen LogP contribution in [0.15, 0.2) is 35.3 Å². The summed E-state index contributed by atoms with van der Waals surface area (Å²) in [5.41, 5.74) is 14.8. The third-order valence-corrected chi connectivity index (χ3v) is 4.61. The van der Waals surface area contributed by atoms with Crippen molar-refractivity contribution in [2.45, 2.75) is 63.1 Å². The molecule has 0 radical (unpaired) electrons. The van der Waals surface area contributed by atoms with Crippen LogP contribution in [0.4, 0.5) is 0 Å². The first-order valence-corrected chi connectivity index (χ1v) is 10.8. The highest BCUT2D eigenvalue weighted by Crippen LogP contribution is 2.15. The van der Waals surface area contributed by atoms with Crippen LogP contribution in [0.5, 0.6) is 0 Å². The minimum atomic E-state index is -2.74. The molecule has 2 atom stereocenters. The number of aliphatic imine (C=N–C) groups is 1. The van der Waals surface area contributed by atoms with Gasteiger partial charge in [-0.1, -0.05) is 30.3 Å². The molecular weight excluding hydrogens is 462 g/mol. The number of carboxylic acids is 3. The van der Waals surface area contributed by atoms with Crippen LogP contribution in [-0.4, -0.2) is 74.4 Å². The lowest BCUT2D eigenvalue weighted by atomic mass is 9.96. The molecule has 1 aromatic rings. The van der Waals surface area contributed by atoms with Crippen molar-refractivity contribution < 1.29 is 39.6 Å². The number of nitrogens with zero attached hydrogens (tertiary/aromatic N) is 1. The monoisotopic (exact) mass is 497 g/mol. The molecule has 2 unspecified atom stereocenters. The number of carbonyl (C=O) groups is 4. The number of guanidine groups is 1. The molecule has 0 aliphatic rings. The summed E-state index contributed by atoms with van der Waals surface area (Å²) in [5, 5.41) is 36.8. The van der Waals surface area contributed by atoms with Crippen LogP contribution in [0.25, 0.3) is 0 Å². The van der Waals surface area contributed by atoms with E-state index < -0.39 is 42.4 Å². The van der Waals surface area contributed by atoms with E-state index in [2.05, 4.69) is 10.3 Å². The second kappa shape index (κ2) is 16.0. The van der Waals surface area contributed by atoms with Crippen molar-refractivity contribution in [1.29, 1.82) is 0 Å². The van der Waals surface area contributed by atoms with Gasteiger partial charge in [-0.25, -0.2) is 4.79 Å². The van der Waals surface area contributed by atoms with Gasteiger partial charge in [-0.2, -0.15) is 0 Å². The van der Waals surface area contributed by atoms with Gasteiger partial charge >= 0.3 is 17.9 Å². The van der Waals surface area contributed by atoms with Crippen LogP contribution >= 0.6 is 0 Å². The second-order valence-corrected chi connectivity index (χ2v) is 7.99. The molecule has 13 nitrogen and oxygen atoms in total. The van der Waals surface area contributed by atoms with Crippen molar-refractivity contribution in [2.75, 3.05) is 6.54 Å². The van der Waals surface area contributed by atoms with Gasteiger partial charge < -0.3 is 42.9 Å². The Hall–Kier alpha value is -3.71. The highest BCUT2D eigenvalue weighted by molar-refractivity contribution is 5.88. The smallest absolute Gasteiger partial charge is 0.336 e. The Morgan fingerprint density at radius 1 is 1.00 bits per heavy atom. The van der Waals surface area contributed by atoms with E-state index in [0.29, 0.717) is 13.0 Å². The fraction of sp³-hybridized carbons (Fsp3) is 0.500. The van der Waals surface area contributed by atoms with Gasteiger partial charge in [0.25, 0.3) is 0 Å². The van der Waals surface area contributed by atoms with Crippen LogP contribution < -0.4 is 22.5 Å². The van der Waals surface area contributed by atoms with Gasteiger partial charge in [0.1, 0.15) is 0 Å². The topological polar surface area (TPSA) is 252 Å². The number of amides is 1. The Bertz CT molecular complexity index is 843. The molecule has 35 heavy (non-hydrogen) atoms. The molecule has 0 aromatic heterocycles. The molecule has 0 aliphatic heterocycles. The number of hydrogen-bond acceptors (Lipinski definition) is 7. The van der Waals surface area contributed by atoms with Crippen molar-refractivity contribution in [1.82, 2.24) is 5.32 Å². The van der Waals surface area contributed by atoms with Crippen molar-refractivity contribution >= 4 is 29.8 Å². The first-order valence-electron chi connectivity index (χ1n) is 10.8. The summed E-state index contributed by atoms with van der Waals surface area (Å²) in [7, 11) is 0. The van der Waals surface area contributed by atoms with Gasteiger partial charge in [-0.3, -0.25) is 19.4 Å². The molecule has 1 amide bonds. The Morgan fingerprint density at radius 2 is 1.54 bits per heavy atom. The van der Waals surface area contributed by atoms with Gasteiger partial charge in [0.15, 0.2) is 11.6 Å². The van der Waals surface area contributed by atoms with E-state index in [1.54, 1.807) is 0 Å². The summed E-state index contributed by atoms with van der Waals surface area (Å²) < 4.78 is 0. The fourth-order valence-electron chi connectivity index (χ4n) is 2.90. The zero-order valence-corrected chi connectivity index (χ0v) is 19.6. The molecule has 1 rings (SSSR count). The summed E-state index contributed by atoms with van der Waals surface area (Å²) in [6.45, 7) is 2.55.